The van der Waals surface area contributed by atoms with Gasteiger partial charge in [0.1, 0.15) is 17.8 Å². The number of nitrogens with one attached hydrogen (secondary N) is 1. The molecule has 1 saturated heterocycles. The lowest BCUT2D eigenvalue weighted by Crippen LogP contribution is -2.51. The molecule has 1 fully saturated rings. The maximum atomic E-state index is 13.2. The van der Waals surface area contributed by atoms with E-state index in [2.05, 4.69) is 19.9 Å². The molecule has 1 atom stereocenters. The third-order valence-corrected chi connectivity index (χ3v) is 5.74. The van der Waals surface area contributed by atoms with Crippen molar-refractivity contribution >= 4 is 34.4 Å². The maximum Gasteiger partial charge on any atom is 0.226 e. The average Bonchev–Trinajstić information content (AvgIpc) is 3.23. The van der Waals surface area contributed by atoms with Crippen LogP contribution in [0.2, 0.25) is 5.02 Å². The number of halogens is 1. The molecular formula is C21H25ClN6O. The van der Waals surface area contributed by atoms with Crippen molar-refractivity contribution < 1.29 is 4.79 Å². The number of H-pyrrole nitrogens is 1. The molecule has 7 nitrogen and oxygen atoms in total. The zero-order valence-electron chi connectivity index (χ0n) is 16.2. The molecule has 8 heteroatoms. The fraction of sp³-hybridized carbons (Fsp3) is 0.381. The molecule has 1 aliphatic heterocycles. The van der Waals surface area contributed by atoms with E-state index < -0.39 is 0 Å². The zero-order valence-corrected chi connectivity index (χ0v) is 17.0. The number of rotatable bonds is 6. The van der Waals surface area contributed by atoms with Crippen molar-refractivity contribution in [3.05, 3.63) is 53.4 Å². The smallest absolute Gasteiger partial charge is 0.226 e. The Labute approximate surface area is 174 Å². The predicted molar refractivity (Wildman–Crippen MR) is 115 cm³/mol. The number of aromatic nitrogens is 3. The summed E-state index contributed by atoms with van der Waals surface area (Å²) in [6, 6.07) is 9.68. The van der Waals surface area contributed by atoms with Gasteiger partial charge in [-0.05, 0) is 43.1 Å². The Bertz CT molecular complexity index is 965. The zero-order chi connectivity index (χ0) is 20.2. The second kappa shape index (κ2) is 8.80. The Morgan fingerprint density at radius 1 is 1.14 bits per heavy atom. The van der Waals surface area contributed by atoms with Crippen LogP contribution in [-0.2, 0) is 11.2 Å². The molecule has 3 N–H and O–H groups in total. The molecule has 1 amide bonds. The predicted octanol–water partition coefficient (Wildman–Crippen LogP) is 2.47. The molecule has 0 bridgehead atoms. The number of carbonyl (C=O) groups is 1. The quantitative estimate of drug-likeness (QED) is 0.649. The van der Waals surface area contributed by atoms with E-state index in [4.69, 9.17) is 17.3 Å². The summed E-state index contributed by atoms with van der Waals surface area (Å²) in [4.78, 5) is 29.2. The van der Waals surface area contributed by atoms with Gasteiger partial charge in [-0.2, -0.15) is 0 Å². The summed E-state index contributed by atoms with van der Waals surface area (Å²) in [5.74, 6) is 0.991. The van der Waals surface area contributed by atoms with Crippen molar-refractivity contribution in [2.75, 3.05) is 37.6 Å². The Kier molecular flexibility index (Phi) is 5.97. The van der Waals surface area contributed by atoms with E-state index in [0.29, 0.717) is 37.5 Å². The normalized spacial score (nSPS) is 15.7. The number of nitrogens with two attached hydrogens (primary N) is 1. The van der Waals surface area contributed by atoms with Crippen LogP contribution in [0.5, 0.6) is 0 Å². The number of hydrogen-bond acceptors (Lipinski definition) is 5. The van der Waals surface area contributed by atoms with E-state index in [9.17, 15) is 4.79 Å². The lowest BCUT2D eigenvalue weighted by Gasteiger charge is -2.37. The second-order valence-electron chi connectivity index (χ2n) is 7.35. The number of aromatic amines is 1. The van der Waals surface area contributed by atoms with Crippen LogP contribution in [0.25, 0.3) is 11.0 Å². The summed E-state index contributed by atoms with van der Waals surface area (Å²) < 4.78 is 0. The summed E-state index contributed by atoms with van der Waals surface area (Å²) in [6.45, 7) is 3.35. The van der Waals surface area contributed by atoms with Crippen LogP contribution in [0.3, 0.4) is 0 Å². The SMILES string of the molecule is NCC[C@H](Cc1ccc(Cl)cc1)C(=O)N1CCN(c2ncnc3[nH]ccc23)CC1. The van der Waals surface area contributed by atoms with Gasteiger partial charge in [0.25, 0.3) is 0 Å². The van der Waals surface area contributed by atoms with Crippen LogP contribution in [0.15, 0.2) is 42.9 Å². The molecule has 3 heterocycles. The Morgan fingerprint density at radius 3 is 2.62 bits per heavy atom. The summed E-state index contributed by atoms with van der Waals surface area (Å²) in [5, 5.41) is 1.71. The van der Waals surface area contributed by atoms with Gasteiger partial charge in [0.2, 0.25) is 5.91 Å². The number of amides is 1. The van der Waals surface area contributed by atoms with Crippen LogP contribution in [0, 0.1) is 5.92 Å². The summed E-state index contributed by atoms with van der Waals surface area (Å²) >= 11 is 5.98. The van der Waals surface area contributed by atoms with Crippen molar-refractivity contribution in [1.29, 1.82) is 0 Å². The van der Waals surface area contributed by atoms with E-state index in [-0.39, 0.29) is 11.8 Å². The van der Waals surface area contributed by atoms with E-state index in [0.717, 1.165) is 35.5 Å². The molecule has 0 unspecified atom stereocenters. The Morgan fingerprint density at radius 2 is 1.90 bits per heavy atom. The minimum absolute atomic E-state index is 0.108. The number of benzene rings is 1. The highest BCUT2D eigenvalue weighted by atomic mass is 35.5. The Balaban J connectivity index is 1.41. The molecule has 0 radical (unpaired) electrons. The molecule has 2 aromatic heterocycles. The number of fused-ring (bicyclic) bond motifs is 1. The molecule has 0 aliphatic carbocycles. The number of piperazine rings is 1. The molecule has 0 saturated carbocycles. The maximum absolute atomic E-state index is 13.2. The first-order valence-corrected chi connectivity index (χ1v) is 10.3. The van der Waals surface area contributed by atoms with Gasteiger partial charge < -0.3 is 20.5 Å². The van der Waals surface area contributed by atoms with Crippen molar-refractivity contribution in [3.8, 4) is 0 Å². The fourth-order valence-electron chi connectivity index (χ4n) is 3.93. The molecule has 152 valence electrons. The van der Waals surface area contributed by atoms with Crippen LogP contribution in [0.4, 0.5) is 5.82 Å². The molecule has 4 rings (SSSR count). The first kappa shape index (κ1) is 19.7. The number of carbonyl (C=O) groups excluding carboxylic acids is 1. The first-order valence-electron chi connectivity index (χ1n) is 9.92. The summed E-state index contributed by atoms with van der Waals surface area (Å²) in [5.41, 5.74) is 7.74. The molecule has 1 aromatic carbocycles. The highest BCUT2D eigenvalue weighted by molar-refractivity contribution is 6.30. The van der Waals surface area contributed by atoms with Crippen LogP contribution in [-0.4, -0.2) is 58.5 Å². The highest BCUT2D eigenvalue weighted by Crippen LogP contribution is 2.24. The molecule has 3 aromatic rings. The standard InChI is InChI=1S/C21H25ClN6O/c22-17-3-1-15(2-4-17)13-16(5-7-23)21(29)28-11-9-27(10-12-28)20-18-6-8-24-19(18)25-14-26-20/h1-4,6,8,14,16H,5,7,9-13,23H2,(H,24,25,26)/t16-/m1/s1. The van der Waals surface area contributed by atoms with Crippen molar-refractivity contribution in [2.45, 2.75) is 12.8 Å². The van der Waals surface area contributed by atoms with Gasteiger partial charge in [-0.15, -0.1) is 0 Å². The topological polar surface area (TPSA) is 91.1 Å². The van der Waals surface area contributed by atoms with Crippen LogP contribution < -0.4 is 10.6 Å². The third-order valence-electron chi connectivity index (χ3n) is 5.48. The third kappa shape index (κ3) is 4.36. The molecular weight excluding hydrogens is 388 g/mol. The van der Waals surface area contributed by atoms with Crippen molar-refractivity contribution in [1.82, 2.24) is 19.9 Å². The van der Waals surface area contributed by atoms with Crippen LogP contribution >= 0.6 is 11.6 Å². The summed E-state index contributed by atoms with van der Waals surface area (Å²) in [6.07, 6.45) is 4.81. The van der Waals surface area contributed by atoms with Gasteiger partial charge >= 0.3 is 0 Å². The average molecular weight is 413 g/mol. The molecule has 0 spiro atoms. The minimum atomic E-state index is -0.108. The van der Waals surface area contributed by atoms with Gasteiger partial charge in [-0.25, -0.2) is 9.97 Å². The lowest BCUT2D eigenvalue weighted by molar-refractivity contribution is -0.136. The first-order chi connectivity index (χ1) is 14.2. The largest absolute Gasteiger partial charge is 0.352 e. The number of hydrogen-bond donors (Lipinski definition) is 2. The van der Waals surface area contributed by atoms with Crippen molar-refractivity contribution in [2.24, 2.45) is 11.7 Å². The lowest BCUT2D eigenvalue weighted by atomic mass is 9.94. The van der Waals surface area contributed by atoms with E-state index in [1.54, 1.807) is 6.33 Å². The number of nitrogens with zero attached hydrogens (tertiary/aromatic N) is 4. The van der Waals surface area contributed by atoms with Gasteiger partial charge in [0, 0.05) is 43.3 Å². The van der Waals surface area contributed by atoms with Crippen molar-refractivity contribution in [3.63, 3.8) is 0 Å². The fourth-order valence-corrected chi connectivity index (χ4v) is 4.05. The van der Waals surface area contributed by atoms with Crippen LogP contribution in [0.1, 0.15) is 12.0 Å². The van der Waals surface area contributed by atoms with E-state index in [1.165, 1.54) is 0 Å². The van der Waals surface area contributed by atoms with Gasteiger partial charge in [0.05, 0.1) is 5.39 Å². The molecule has 29 heavy (non-hydrogen) atoms. The summed E-state index contributed by atoms with van der Waals surface area (Å²) in [7, 11) is 0. The molecule has 1 aliphatic rings. The van der Waals surface area contributed by atoms with Gasteiger partial charge in [-0.3, -0.25) is 4.79 Å². The van der Waals surface area contributed by atoms with Gasteiger partial charge in [-0.1, -0.05) is 23.7 Å². The second-order valence-corrected chi connectivity index (χ2v) is 7.79. The number of anilines is 1. The monoisotopic (exact) mass is 412 g/mol. The highest BCUT2D eigenvalue weighted by Gasteiger charge is 2.28. The van der Waals surface area contributed by atoms with E-state index in [1.807, 2.05) is 41.4 Å². The van der Waals surface area contributed by atoms with E-state index >= 15 is 0 Å². The Hall–Kier alpha value is -2.64. The minimum Gasteiger partial charge on any atom is -0.352 e. The van der Waals surface area contributed by atoms with Gasteiger partial charge in [0.15, 0.2) is 0 Å².